The third-order valence-electron chi connectivity index (χ3n) is 4.56. The molecule has 0 saturated carbocycles. The number of imidazole rings is 1. The Morgan fingerprint density at radius 2 is 2.08 bits per heavy atom. The number of carbonyl (C=O) groups is 1. The molecule has 0 unspecified atom stereocenters. The van der Waals surface area contributed by atoms with Crippen molar-refractivity contribution in [3.63, 3.8) is 0 Å². The van der Waals surface area contributed by atoms with Crippen molar-refractivity contribution >= 4 is 11.6 Å². The van der Waals surface area contributed by atoms with Gasteiger partial charge in [-0.3, -0.25) is 4.79 Å². The minimum absolute atomic E-state index is 0.238. The van der Waals surface area contributed by atoms with Crippen molar-refractivity contribution in [3.05, 3.63) is 48.0 Å². The first-order chi connectivity index (χ1) is 11.7. The number of amides is 1. The summed E-state index contributed by atoms with van der Waals surface area (Å²) in [7, 11) is 0. The fourth-order valence-corrected chi connectivity index (χ4v) is 3.19. The Hall–Kier alpha value is -2.14. The van der Waals surface area contributed by atoms with Crippen molar-refractivity contribution in [2.45, 2.75) is 52.2 Å². The molecule has 128 valence electrons. The second-order valence-electron chi connectivity index (χ2n) is 6.45. The first-order valence-electron chi connectivity index (χ1n) is 8.80. The lowest BCUT2D eigenvalue weighted by Gasteiger charge is -2.18. The molecule has 1 aromatic heterocycles. The smallest absolute Gasteiger partial charge is 0.227 e. The Labute approximate surface area is 143 Å². The summed E-state index contributed by atoms with van der Waals surface area (Å²) in [5.41, 5.74) is 2.25. The van der Waals surface area contributed by atoms with Gasteiger partial charge in [-0.2, -0.15) is 0 Å². The van der Waals surface area contributed by atoms with E-state index in [0.717, 1.165) is 44.0 Å². The number of carbonyl (C=O) groups excluding carboxylic acids is 1. The fraction of sp³-hybridized carbons (Fsp3) is 0.474. The quantitative estimate of drug-likeness (QED) is 0.851. The summed E-state index contributed by atoms with van der Waals surface area (Å²) in [5.74, 6) is 1.37. The third kappa shape index (κ3) is 3.85. The maximum absolute atomic E-state index is 11.8. The summed E-state index contributed by atoms with van der Waals surface area (Å²) in [6, 6.07) is 8.68. The summed E-state index contributed by atoms with van der Waals surface area (Å²) < 4.78 is 2.21. The topological polar surface area (TPSA) is 50.2 Å². The molecule has 3 rings (SSSR count). The molecule has 2 heterocycles. The molecule has 5 heteroatoms. The zero-order valence-electron chi connectivity index (χ0n) is 14.5. The van der Waals surface area contributed by atoms with Crippen LogP contribution >= 0.6 is 0 Å². The van der Waals surface area contributed by atoms with Gasteiger partial charge in [0.25, 0.3) is 0 Å². The first-order valence-corrected chi connectivity index (χ1v) is 8.80. The van der Waals surface area contributed by atoms with E-state index in [1.807, 2.05) is 17.3 Å². The van der Waals surface area contributed by atoms with Crippen LogP contribution in [0.25, 0.3) is 0 Å². The molecular weight excluding hydrogens is 300 g/mol. The molecule has 24 heavy (non-hydrogen) atoms. The van der Waals surface area contributed by atoms with Gasteiger partial charge < -0.3 is 14.8 Å². The number of anilines is 1. The molecule has 1 aliphatic heterocycles. The molecule has 2 aromatic rings. The predicted molar refractivity (Wildman–Crippen MR) is 95.9 cm³/mol. The summed E-state index contributed by atoms with van der Waals surface area (Å²) in [5, 5.41) is 3.56. The van der Waals surface area contributed by atoms with Crippen LogP contribution in [0.3, 0.4) is 0 Å². The largest absolute Gasteiger partial charge is 0.333 e. The Morgan fingerprint density at radius 3 is 2.75 bits per heavy atom. The highest BCUT2D eigenvalue weighted by molar-refractivity contribution is 5.95. The van der Waals surface area contributed by atoms with Crippen LogP contribution in [-0.2, 0) is 24.3 Å². The molecule has 0 bridgehead atoms. The zero-order valence-corrected chi connectivity index (χ0v) is 14.5. The molecule has 5 nitrogen and oxygen atoms in total. The lowest BCUT2D eigenvalue weighted by molar-refractivity contribution is -0.117. The average molecular weight is 326 g/mol. The average Bonchev–Trinajstić information content (AvgIpc) is 3.22. The van der Waals surface area contributed by atoms with Gasteiger partial charge in [-0.05, 0) is 31.0 Å². The number of aryl methyl sites for hydroxylation is 1. The number of nitrogens with one attached hydrogen (secondary N) is 1. The van der Waals surface area contributed by atoms with Crippen LogP contribution in [-0.4, -0.2) is 28.0 Å². The monoisotopic (exact) mass is 326 g/mol. The summed E-state index contributed by atoms with van der Waals surface area (Å²) in [4.78, 5) is 18.0. The van der Waals surface area contributed by atoms with E-state index in [-0.39, 0.29) is 5.91 Å². The van der Waals surface area contributed by atoms with E-state index < -0.39 is 0 Å². The van der Waals surface area contributed by atoms with E-state index >= 15 is 0 Å². The number of aromatic nitrogens is 2. The number of benzene rings is 1. The molecule has 0 aliphatic carbocycles. The second-order valence-corrected chi connectivity index (χ2v) is 6.45. The molecular formula is C19H26N4O. The molecule has 1 N–H and O–H groups in total. The van der Waals surface area contributed by atoms with Crippen molar-refractivity contribution < 1.29 is 4.79 Å². The van der Waals surface area contributed by atoms with Crippen LogP contribution in [0.4, 0.5) is 5.69 Å². The summed E-state index contributed by atoms with van der Waals surface area (Å²) in [6.07, 6.45) is 6.50. The minimum Gasteiger partial charge on any atom is -0.333 e. The summed E-state index contributed by atoms with van der Waals surface area (Å²) >= 11 is 0. The van der Waals surface area contributed by atoms with E-state index in [2.05, 4.69) is 53.0 Å². The van der Waals surface area contributed by atoms with Crippen molar-refractivity contribution in [3.8, 4) is 0 Å². The van der Waals surface area contributed by atoms with Crippen molar-refractivity contribution in [2.24, 2.45) is 0 Å². The maximum atomic E-state index is 11.8. The SMILES string of the molecule is CCc1nccn1C[C@H](C)NCc1ccc(N2CCCC2=O)cc1. The Morgan fingerprint density at radius 1 is 1.29 bits per heavy atom. The van der Waals surface area contributed by atoms with E-state index in [9.17, 15) is 4.79 Å². The number of nitrogens with zero attached hydrogens (tertiary/aromatic N) is 3. The van der Waals surface area contributed by atoms with Gasteiger partial charge in [-0.25, -0.2) is 4.98 Å². The predicted octanol–water partition coefficient (Wildman–Crippen LogP) is 2.75. The minimum atomic E-state index is 0.238. The molecule has 1 aliphatic rings. The lowest BCUT2D eigenvalue weighted by Crippen LogP contribution is -2.30. The van der Waals surface area contributed by atoms with Crippen LogP contribution < -0.4 is 10.2 Å². The van der Waals surface area contributed by atoms with Crippen LogP contribution in [0.2, 0.25) is 0 Å². The maximum Gasteiger partial charge on any atom is 0.227 e. The molecule has 1 atom stereocenters. The first kappa shape index (κ1) is 16.7. The molecule has 0 radical (unpaired) electrons. The molecule has 0 spiro atoms. The molecule has 1 aromatic carbocycles. The zero-order chi connectivity index (χ0) is 16.9. The Balaban J connectivity index is 1.52. The van der Waals surface area contributed by atoms with E-state index in [1.54, 1.807) is 0 Å². The van der Waals surface area contributed by atoms with Gasteiger partial charge in [-0.15, -0.1) is 0 Å². The normalized spacial score (nSPS) is 15.9. The van der Waals surface area contributed by atoms with Gasteiger partial charge in [0.15, 0.2) is 0 Å². The van der Waals surface area contributed by atoms with E-state index in [0.29, 0.717) is 12.5 Å². The van der Waals surface area contributed by atoms with Crippen LogP contribution in [0.5, 0.6) is 0 Å². The van der Waals surface area contributed by atoms with E-state index in [4.69, 9.17) is 0 Å². The number of rotatable bonds is 7. The standard InChI is InChI=1S/C19H26N4O/c1-3-18-20-10-12-22(18)14-15(2)21-13-16-6-8-17(9-7-16)23-11-4-5-19(23)24/h6-10,12,15,21H,3-5,11,13-14H2,1-2H3/t15-/m0/s1. The van der Waals surface area contributed by atoms with Gasteiger partial charge in [0.2, 0.25) is 5.91 Å². The highest BCUT2D eigenvalue weighted by Crippen LogP contribution is 2.21. The van der Waals surface area contributed by atoms with Crippen LogP contribution in [0.15, 0.2) is 36.7 Å². The summed E-state index contributed by atoms with van der Waals surface area (Å²) in [6.45, 7) is 6.91. The highest BCUT2D eigenvalue weighted by Gasteiger charge is 2.21. The van der Waals surface area contributed by atoms with Crippen molar-refractivity contribution in [1.82, 2.24) is 14.9 Å². The van der Waals surface area contributed by atoms with Crippen molar-refractivity contribution in [1.29, 1.82) is 0 Å². The van der Waals surface area contributed by atoms with Crippen molar-refractivity contribution in [2.75, 3.05) is 11.4 Å². The Kier molecular flexibility index (Phi) is 5.30. The van der Waals surface area contributed by atoms with Gasteiger partial charge in [-0.1, -0.05) is 19.1 Å². The highest BCUT2D eigenvalue weighted by atomic mass is 16.2. The van der Waals surface area contributed by atoms with Gasteiger partial charge in [0.1, 0.15) is 5.82 Å². The number of hydrogen-bond donors (Lipinski definition) is 1. The molecule has 1 fully saturated rings. The van der Waals surface area contributed by atoms with Crippen LogP contribution in [0.1, 0.15) is 38.1 Å². The Bertz CT molecular complexity index is 677. The van der Waals surface area contributed by atoms with E-state index in [1.165, 1.54) is 5.56 Å². The second kappa shape index (κ2) is 7.62. The lowest BCUT2D eigenvalue weighted by atomic mass is 10.2. The molecule has 1 amide bonds. The number of hydrogen-bond acceptors (Lipinski definition) is 3. The van der Waals surface area contributed by atoms with Gasteiger partial charge in [0, 0.05) is 56.6 Å². The third-order valence-corrected chi connectivity index (χ3v) is 4.56. The fourth-order valence-electron chi connectivity index (χ4n) is 3.19. The van der Waals surface area contributed by atoms with Gasteiger partial charge in [0.05, 0.1) is 0 Å². The molecule has 1 saturated heterocycles. The van der Waals surface area contributed by atoms with Crippen LogP contribution in [0, 0.1) is 0 Å². The van der Waals surface area contributed by atoms with Gasteiger partial charge >= 0.3 is 0 Å².